The fourth-order valence-corrected chi connectivity index (χ4v) is 2.80. The van der Waals surface area contributed by atoms with Crippen molar-refractivity contribution in [1.29, 1.82) is 0 Å². The van der Waals surface area contributed by atoms with E-state index in [0.29, 0.717) is 0 Å². The maximum atomic E-state index is 6.27. The summed E-state index contributed by atoms with van der Waals surface area (Å²) in [7, 11) is 2.13. The molecule has 0 bridgehead atoms. The molecule has 2 nitrogen and oxygen atoms in total. The molecule has 1 aliphatic rings. The Balaban J connectivity index is 2.44. The molecule has 0 radical (unpaired) electrons. The van der Waals surface area contributed by atoms with Crippen LogP contribution in [0.15, 0.2) is 18.2 Å². The maximum Gasteiger partial charge on any atom is 0.0503 e. The van der Waals surface area contributed by atoms with Gasteiger partial charge in [-0.25, -0.2) is 0 Å². The normalized spacial score (nSPS) is 15.6. The molecular formula is C12H13ClN2. The number of rotatable bonds is 0. The van der Waals surface area contributed by atoms with Crippen molar-refractivity contribution in [1.82, 2.24) is 9.88 Å². The van der Waals surface area contributed by atoms with Gasteiger partial charge in [0.2, 0.25) is 0 Å². The molecule has 0 saturated heterocycles. The van der Waals surface area contributed by atoms with Crippen molar-refractivity contribution in [3.05, 3.63) is 34.5 Å². The molecule has 0 aliphatic carbocycles. The van der Waals surface area contributed by atoms with Gasteiger partial charge in [0.25, 0.3) is 0 Å². The molecule has 3 heteroatoms. The highest BCUT2D eigenvalue weighted by Crippen LogP contribution is 2.32. The summed E-state index contributed by atoms with van der Waals surface area (Å²) in [6, 6.07) is 6.13. The van der Waals surface area contributed by atoms with Crippen LogP contribution in [0.2, 0.25) is 5.02 Å². The molecule has 0 unspecified atom stereocenters. The quantitative estimate of drug-likeness (QED) is 0.722. The second-order valence-electron chi connectivity index (χ2n) is 4.05. The van der Waals surface area contributed by atoms with Gasteiger partial charge in [-0.3, -0.25) is 0 Å². The van der Waals surface area contributed by atoms with Crippen molar-refractivity contribution in [2.75, 3.05) is 6.54 Å². The predicted molar refractivity (Wildman–Crippen MR) is 63.3 cm³/mol. The molecule has 15 heavy (non-hydrogen) atoms. The largest absolute Gasteiger partial charge is 0.347 e. The molecule has 2 heterocycles. The summed E-state index contributed by atoms with van der Waals surface area (Å²) in [5.41, 5.74) is 4.05. The molecular weight excluding hydrogens is 208 g/mol. The third kappa shape index (κ3) is 1.22. The minimum absolute atomic E-state index is 0.869. The number of fused-ring (bicyclic) bond motifs is 3. The lowest BCUT2D eigenvalue weighted by molar-refractivity contribution is 0.622. The Hall–Kier alpha value is -0.990. The lowest BCUT2D eigenvalue weighted by Gasteiger charge is -2.14. The Kier molecular flexibility index (Phi) is 2.01. The van der Waals surface area contributed by atoms with Crippen LogP contribution in [-0.4, -0.2) is 11.1 Å². The van der Waals surface area contributed by atoms with Gasteiger partial charge in [0.15, 0.2) is 0 Å². The van der Waals surface area contributed by atoms with E-state index in [9.17, 15) is 0 Å². The van der Waals surface area contributed by atoms with E-state index in [0.717, 1.165) is 24.5 Å². The van der Waals surface area contributed by atoms with Crippen molar-refractivity contribution < 1.29 is 0 Å². The van der Waals surface area contributed by atoms with Crippen LogP contribution in [0, 0.1) is 0 Å². The third-order valence-corrected chi connectivity index (χ3v) is 3.56. The lowest BCUT2D eigenvalue weighted by Crippen LogP contribution is -2.24. The van der Waals surface area contributed by atoms with Crippen LogP contribution < -0.4 is 5.32 Å². The summed E-state index contributed by atoms with van der Waals surface area (Å²) in [5.74, 6) is 0. The molecule has 2 aromatic rings. The molecule has 0 atom stereocenters. The van der Waals surface area contributed by atoms with E-state index in [-0.39, 0.29) is 0 Å². The Labute approximate surface area is 93.8 Å². The minimum Gasteiger partial charge on any atom is -0.347 e. The number of benzene rings is 1. The highest BCUT2D eigenvalue weighted by Gasteiger charge is 2.19. The molecule has 0 fully saturated rings. The summed E-state index contributed by atoms with van der Waals surface area (Å²) in [4.78, 5) is 0. The number of aryl methyl sites for hydroxylation is 1. The lowest BCUT2D eigenvalue weighted by atomic mass is 10.1. The van der Waals surface area contributed by atoms with Gasteiger partial charge in [0, 0.05) is 43.2 Å². The Morgan fingerprint density at radius 2 is 2.27 bits per heavy atom. The third-order valence-electron chi connectivity index (χ3n) is 3.25. The Bertz CT molecular complexity index is 528. The summed E-state index contributed by atoms with van der Waals surface area (Å²) in [5, 5.41) is 5.50. The molecule has 1 aliphatic heterocycles. The number of aromatic nitrogens is 1. The number of nitrogens with one attached hydrogen (secondary N) is 1. The monoisotopic (exact) mass is 220 g/mol. The zero-order valence-electron chi connectivity index (χ0n) is 8.68. The SMILES string of the molecule is Cn1c2c(c3c(Cl)cccc31)CNCC2. The van der Waals surface area contributed by atoms with Gasteiger partial charge in [0.1, 0.15) is 0 Å². The van der Waals surface area contributed by atoms with E-state index in [1.807, 2.05) is 12.1 Å². The molecule has 0 amide bonds. The van der Waals surface area contributed by atoms with Gasteiger partial charge < -0.3 is 9.88 Å². The number of halogens is 1. The van der Waals surface area contributed by atoms with Crippen LogP contribution >= 0.6 is 11.6 Å². The minimum atomic E-state index is 0.869. The fraction of sp³-hybridized carbons (Fsp3) is 0.333. The Morgan fingerprint density at radius 3 is 3.13 bits per heavy atom. The first-order valence-corrected chi connectivity index (χ1v) is 5.62. The molecule has 0 saturated carbocycles. The van der Waals surface area contributed by atoms with E-state index in [1.165, 1.54) is 22.2 Å². The van der Waals surface area contributed by atoms with Crippen LogP contribution in [0.1, 0.15) is 11.3 Å². The van der Waals surface area contributed by atoms with Crippen molar-refractivity contribution in [2.45, 2.75) is 13.0 Å². The van der Waals surface area contributed by atoms with Crippen molar-refractivity contribution >= 4 is 22.5 Å². The van der Waals surface area contributed by atoms with Crippen LogP contribution in [0.5, 0.6) is 0 Å². The molecule has 3 rings (SSSR count). The predicted octanol–water partition coefficient (Wildman–Crippen LogP) is 2.48. The van der Waals surface area contributed by atoms with E-state index in [4.69, 9.17) is 11.6 Å². The smallest absolute Gasteiger partial charge is 0.0503 e. The van der Waals surface area contributed by atoms with Gasteiger partial charge in [-0.15, -0.1) is 0 Å². The number of nitrogens with zero attached hydrogens (tertiary/aromatic N) is 1. The summed E-state index contributed by atoms with van der Waals surface area (Å²) in [6.07, 6.45) is 1.09. The van der Waals surface area contributed by atoms with Crippen LogP contribution in [-0.2, 0) is 20.0 Å². The maximum absolute atomic E-state index is 6.27. The van der Waals surface area contributed by atoms with Gasteiger partial charge in [0.05, 0.1) is 5.02 Å². The van der Waals surface area contributed by atoms with Gasteiger partial charge in [-0.1, -0.05) is 17.7 Å². The first kappa shape index (κ1) is 9.25. The molecule has 1 aromatic heterocycles. The highest BCUT2D eigenvalue weighted by atomic mass is 35.5. The summed E-state index contributed by atoms with van der Waals surface area (Å²) < 4.78 is 2.28. The van der Waals surface area contributed by atoms with Crippen molar-refractivity contribution in [3.8, 4) is 0 Å². The molecule has 0 spiro atoms. The Morgan fingerprint density at radius 1 is 1.40 bits per heavy atom. The summed E-state index contributed by atoms with van der Waals surface area (Å²) >= 11 is 6.27. The van der Waals surface area contributed by atoms with E-state index in [2.05, 4.69) is 23.0 Å². The van der Waals surface area contributed by atoms with E-state index >= 15 is 0 Å². The van der Waals surface area contributed by atoms with E-state index in [1.54, 1.807) is 0 Å². The molecule has 1 aromatic carbocycles. The first-order valence-electron chi connectivity index (χ1n) is 5.24. The molecule has 1 N–H and O–H groups in total. The standard InChI is InChI=1S/C12H13ClN2/c1-15-10-5-6-14-7-8(10)12-9(13)3-2-4-11(12)15/h2-4,14H,5-7H2,1H3. The number of hydrogen-bond acceptors (Lipinski definition) is 1. The number of hydrogen-bond donors (Lipinski definition) is 1. The second kappa shape index (κ2) is 3.26. The topological polar surface area (TPSA) is 17.0 Å². The van der Waals surface area contributed by atoms with Crippen molar-refractivity contribution in [2.24, 2.45) is 7.05 Å². The second-order valence-corrected chi connectivity index (χ2v) is 4.45. The molecule has 78 valence electrons. The zero-order valence-corrected chi connectivity index (χ0v) is 9.43. The van der Waals surface area contributed by atoms with Crippen LogP contribution in [0.4, 0.5) is 0 Å². The van der Waals surface area contributed by atoms with Gasteiger partial charge in [-0.2, -0.15) is 0 Å². The van der Waals surface area contributed by atoms with Gasteiger partial charge >= 0.3 is 0 Å². The van der Waals surface area contributed by atoms with Crippen LogP contribution in [0.25, 0.3) is 10.9 Å². The highest BCUT2D eigenvalue weighted by molar-refractivity contribution is 6.35. The average Bonchev–Trinajstić information content (AvgIpc) is 2.55. The fourth-order valence-electron chi connectivity index (χ4n) is 2.51. The van der Waals surface area contributed by atoms with Crippen molar-refractivity contribution in [3.63, 3.8) is 0 Å². The summed E-state index contributed by atoms with van der Waals surface area (Å²) in [6.45, 7) is 2.01. The average molecular weight is 221 g/mol. The van der Waals surface area contributed by atoms with Crippen LogP contribution in [0.3, 0.4) is 0 Å². The van der Waals surface area contributed by atoms with Gasteiger partial charge in [-0.05, 0) is 17.7 Å². The zero-order chi connectivity index (χ0) is 10.4. The van der Waals surface area contributed by atoms with E-state index < -0.39 is 0 Å². The first-order chi connectivity index (χ1) is 7.29.